The summed E-state index contributed by atoms with van der Waals surface area (Å²) in [5.41, 5.74) is -0.0328. The van der Waals surface area contributed by atoms with Crippen molar-refractivity contribution in [2.75, 3.05) is 11.9 Å². The number of ether oxygens (including phenoxy) is 1. The lowest BCUT2D eigenvalue weighted by atomic mass is 9.88. The topological polar surface area (TPSA) is 128 Å². The molecular formula is C30H35N3O6. The van der Waals surface area contributed by atoms with Crippen molar-refractivity contribution in [3.63, 3.8) is 0 Å². The molecule has 206 valence electrons. The van der Waals surface area contributed by atoms with Crippen LogP contribution in [-0.2, 0) is 14.3 Å². The van der Waals surface area contributed by atoms with Crippen LogP contribution < -0.4 is 10.6 Å². The number of hydrogen-bond acceptors (Lipinski definition) is 6. The van der Waals surface area contributed by atoms with Crippen LogP contribution in [0.15, 0.2) is 66.7 Å². The number of para-hydroxylation sites is 1. The summed E-state index contributed by atoms with van der Waals surface area (Å²) in [6, 6.07) is 16.7. The third kappa shape index (κ3) is 6.67. The van der Waals surface area contributed by atoms with E-state index in [-0.39, 0.29) is 17.4 Å². The zero-order chi connectivity index (χ0) is 28.2. The second-order valence-electron chi connectivity index (χ2n) is 10.7. The average molecular weight is 534 g/mol. The van der Waals surface area contributed by atoms with Crippen LogP contribution in [0, 0.1) is 0 Å². The molecule has 0 bridgehead atoms. The number of benzene rings is 3. The van der Waals surface area contributed by atoms with Gasteiger partial charge in [0.1, 0.15) is 23.4 Å². The molecule has 3 amide bonds. The van der Waals surface area contributed by atoms with E-state index in [1.807, 2.05) is 36.4 Å². The summed E-state index contributed by atoms with van der Waals surface area (Å²) in [4.78, 5) is 41.7. The summed E-state index contributed by atoms with van der Waals surface area (Å²) in [6.07, 6.45) is 1.29. The number of aliphatic hydroxyl groups is 1. The van der Waals surface area contributed by atoms with Crippen molar-refractivity contribution in [3.8, 4) is 5.75 Å². The molecule has 0 radical (unpaired) electrons. The lowest BCUT2D eigenvalue weighted by Crippen LogP contribution is -2.58. The van der Waals surface area contributed by atoms with Gasteiger partial charge in [-0.15, -0.1) is 0 Å². The smallest absolute Gasteiger partial charge is 0.408 e. The molecule has 4 rings (SSSR count). The van der Waals surface area contributed by atoms with E-state index >= 15 is 0 Å². The number of anilines is 1. The second-order valence-corrected chi connectivity index (χ2v) is 10.7. The molecule has 0 saturated heterocycles. The molecule has 39 heavy (non-hydrogen) atoms. The van der Waals surface area contributed by atoms with Crippen molar-refractivity contribution >= 4 is 34.4 Å². The quantitative estimate of drug-likeness (QED) is 0.338. The summed E-state index contributed by atoms with van der Waals surface area (Å²) in [5, 5.41) is 28.1. The maximum absolute atomic E-state index is 13.9. The van der Waals surface area contributed by atoms with Gasteiger partial charge in [0.2, 0.25) is 5.91 Å². The van der Waals surface area contributed by atoms with Crippen LogP contribution in [0.25, 0.3) is 10.8 Å². The molecule has 3 aromatic rings. The Morgan fingerprint density at radius 1 is 1.00 bits per heavy atom. The van der Waals surface area contributed by atoms with Crippen LogP contribution in [0.2, 0.25) is 0 Å². The van der Waals surface area contributed by atoms with E-state index in [1.54, 1.807) is 45.0 Å². The van der Waals surface area contributed by atoms with Crippen molar-refractivity contribution in [2.24, 2.45) is 0 Å². The van der Waals surface area contributed by atoms with E-state index in [0.717, 1.165) is 17.2 Å². The molecule has 2 unspecified atom stereocenters. The molecule has 0 spiro atoms. The van der Waals surface area contributed by atoms with E-state index in [2.05, 4.69) is 10.6 Å². The zero-order valence-corrected chi connectivity index (χ0v) is 22.4. The lowest BCUT2D eigenvalue weighted by Gasteiger charge is -2.43. The molecule has 9 heteroatoms. The molecule has 1 aliphatic carbocycles. The van der Waals surface area contributed by atoms with Gasteiger partial charge in [-0.05, 0) is 69.0 Å². The fourth-order valence-corrected chi connectivity index (χ4v) is 4.61. The maximum Gasteiger partial charge on any atom is 0.408 e. The molecule has 0 aliphatic heterocycles. The van der Waals surface area contributed by atoms with Crippen LogP contribution in [-0.4, -0.2) is 57.3 Å². The summed E-state index contributed by atoms with van der Waals surface area (Å²) in [6.45, 7) is 4.37. The monoisotopic (exact) mass is 533 g/mol. The molecule has 1 saturated carbocycles. The predicted molar refractivity (Wildman–Crippen MR) is 148 cm³/mol. The highest BCUT2D eigenvalue weighted by atomic mass is 16.6. The Balaban J connectivity index is 1.69. The fourth-order valence-electron chi connectivity index (χ4n) is 4.61. The Kier molecular flexibility index (Phi) is 8.40. The van der Waals surface area contributed by atoms with Gasteiger partial charge < -0.3 is 30.5 Å². The first-order chi connectivity index (χ1) is 18.6. The average Bonchev–Trinajstić information content (AvgIpc) is 2.85. The molecule has 1 aliphatic rings. The summed E-state index contributed by atoms with van der Waals surface area (Å²) >= 11 is 0. The van der Waals surface area contributed by atoms with Crippen LogP contribution in [0.1, 0.15) is 51.6 Å². The van der Waals surface area contributed by atoms with Gasteiger partial charge in [0.15, 0.2) is 0 Å². The number of phenolic OH excluding ortho intramolecular Hbond substituents is 1. The normalized spacial score (nSPS) is 15.1. The van der Waals surface area contributed by atoms with Gasteiger partial charge in [0, 0.05) is 17.3 Å². The number of carbonyl (C=O) groups is 3. The van der Waals surface area contributed by atoms with Gasteiger partial charge in [-0.2, -0.15) is 0 Å². The number of nitrogens with one attached hydrogen (secondary N) is 2. The number of phenols is 1. The van der Waals surface area contributed by atoms with E-state index in [9.17, 15) is 24.6 Å². The van der Waals surface area contributed by atoms with Gasteiger partial charge in [0.05, 0.1) is 6.61 Å². The summed E-state index contributed by atoms with van der Waals surface area (Å²) in [5.74, 6) is -1.31. The van der Waals surface area contributed by atoms with Gasteiger partial charge in [-0.1, -0.05) is 48.5 Å². The first-order valence-electron chi connectivity index (χ1n) is 13.1. The maximum atomic E-state index is 13.9. The third-order valence-corrected chi connectivity index (χ3v) is 6.67. The van der Waals surface area contributed by atoms with Crippen molar-refractivity contribution in [1.82, 2.24) is 10.2 Å². The molecule has 0 heterocycles. The minimum Gasteiger partial charge on any atom is -0.508 e. The summed E-state index contributed by atoms with van der Waals surface area (Å²) < 4.78 is 5.28. The van der Waals surface area contributed by atoms with Crippen molar-refractivity contribution in [1.29, 1.82) is 0 Å². The highest BCUT2D eigenvalue weighted by molar-refractivity contribution is 6.01. The minimum absolute atomic E-state index is 0.145. The Hall–Kier alpha value is -4.11. The first-order valence-corrected chi connectivity index (χ1v) is 13.1. The van der Waals surface area contributed by atoms with Crippen molar-refractivity contribution in [2.45, 2.75) is 63.8 Å². The number of fused-ring (bicyclic) bond motifs is 1. The number of aromatic hydroxyl groups is 1. The molecule has 1 fully saturated rings. The van der Waals surface area contributed by atoms with E-state index in [4.69, 9.17) is 4.74 Å². The number of carbonyl (C=O) groups excluding carboxylic acids is 3. The largest absolute Gasteiger partial charge is 0.508 e. The number of aliphatic hydroxyl groups excluding tert-OH is 1. The number of rotatable bonds is 8. The SMILES string of the molecule is CC(C)(C)OC(=O)NC(CO)C(=O)N(C1CCC1)C(C(=O)Nc1ccc2ccccc2c1)c1ccccc1O. The molecule has 3 aromatic carbocycles. The molecule has 2 atom stereocenters. The zero-order valence-electron chi connectivity index (χ0n) is 22.4. The van der Waals surface area contributed by atoms with Crippen LogP contribution >= 0.6 is 0 Å². The van der Waals surface area contributed by atoms with Gasteiger partial charge >= 0.3 is 6.09 Å². The lowest BCUT2D eigenvalue weighted by molar-refractivity contribution is -0.146. The predicted octanol–water partition coefficient (Wildman–Crippen LogP) is 4.49. The van der Waals surface area contributed by atoms with E-state index < -0.39 is 42.2 Å². The number of alkyl carbamates (subject to hydrolysis) is 1. The molecule has 9 nitrogen and oxygen atoms in total. The van der Waals surface area contributed by atoms with Crippen LogP contribution in [0.5, 0.6) is 5.75 Å². The van der Waals surface area contributed by atoms with Gasteiger partial charge in [-0.3, -0.25) is 9.59 Å². The molecule has 0 aromatic heterocycles. The Morgan fingerprint density at radius 3 is 2.28 bits per heavy atom. The Morgan fingerprint density at radius 2 is 1.67 bits per heavy atom. The fraction of sp³-hybridized carbons (Fsp3) is 0.367. The van der Waals surface area contributed by atoms with Gasteiger partial charge in [-0.25, -0.2) is 4.79 Å². The van der Waals surface area contributed by atoms with Crippen LogP contribution in [0.4, 0.5) is 10.5 Å². The van der Waals surface area contributed by atoms with Crippen molar-refractivity contribution in [3.05, 3.63) is 72.3 Å². The molecule has 4 N–H and O–H groups in total. The van der Waals surface area contributed by atoms with Crippen LogP contribution in [0.3, 0.4) is 0 Å². The number of amides is 3. The standard InChI is InChI=1S/C30H35N3O6/c1-30(2,3)39-29(38)32-24(18-34)28(37)33(22-11-8-12-22)26(23-13-6-7-14-25(23)35)27(36)31-21-16-15-19-9-4-5-10-20(19)17-21/h4-7,9-10,13-17,22,24,26,34-35H,8,11-12,18H2,1-3H3,(H,31,36)(H,32,38). The second kappa shape index (κ2) is 11.7. The highest BCUT2D eigenvalue weighted by Crippen LogP contribution is 2.37. The van der Waals surface area contributed by atoms with E-state index in [1.165, 1.54) is 11.0 Å². The Bertz CT molecular complexity index is 1350. The first kappa shape index (κ1) is 27.9. The Labute approximate surface area is 227 Å². The third-order valence-electron chi connectivity index (χ3n) is 6.67. The minimum atomic E-state index is -1.35. The molecular weight excluding hydrogens is 498 g/mol. The van der Waals surface area contributed by atoms with E-state index in [0.29, 0.717) is 18.5 Å². The number of hydrogen-bond donors (Lipinski definition) is 4. The van der Waals surface area contributed by atoms with Gasteiger partial charge in [0.25, 0.3) is 5.91 Å². The highest BCUT2D eigenvalue weighted by Gasteiger charge is 2.42. The number of nitrogens with zero attached hydrogens (tertiary/aromatic N) is 1. The van der Waals surface area contributed by atoms with Crippen molar-refractivity contribution < 1.29 is 29.3 Å². The summed E-state index contributed by atoms with van der Waals surface area (Å²) in [7, 11) is 0.